The lowest BCUT2D eigenvalue weighted by Gasteiger charge is -2.31. The Kier molecular flexibility index (Phi) is 4.58. The van der Waals surface area contributed by atoms with Gasteiger partial charge in [-0.1, -0.05) is 18.2 Å². The molecule has 0 radical (unpaired) electrons. The van der Waals surface area contributed by atoms with Crippen LogP contribution >= 0.6 is 0 Å². The molecule has 2 N–H and O–H groups in total. The molecule has 1 aromatic heterocycles. The zero-order chi connectivity index (χ0) is 14.7. The molecule has 114 valence electrons. The van der Waals surface area contributed by atoms with E-state index in [1.807, 2.05) is 18.2 Å². The van der Waals surface area contributed by atoms with Gasteiger partial charge in [-0.2, -0.15) is 0 Å². The quantitative estimate of drug-likeness (QED) is 0.919. The summed E-state index contributed by atoms with van der Waals surface area (Å²) in [5, 5.41) is 1.14. The molecule has 1 aliphatic heterocycles. The molecule has 0 spiro atoms. The van der Waals surface area contributed by atoms with Gasteiger partial charge in [0.25, 0.3) is 0 Å². The second kappa shape index (κ2) is 6.60. The zero-order valence-electron chi connectivity index (χ0n) is 12.6. The van der Waals surface area contributed by atoms with Crippen LogP contribution in [-0.2, 0) is 4.74 Å². The van der Waals surface area contributed by atoms with E-state index >= 15 is 0 Å². The topological polar surface area (TPSA) is 51.6 Å². The van der Waals surface area contributed by atoms with E-state index in [9.17, 15) is 0 Å². The van der Waals surface area contributed by atoms with Gasteiger partial charge >= 0.3 is 0 Å². The highest BCUT2D eigenvalue weighted by Crippen LogP contribution is 2.28. The Morgan fingerprint density at radius 2 is 2.05 bits per heavy atom. The van der Waals surface area contributed by atoms with E-state index in [2.05, 4.69) is 24.1 Å². The van der Waals surface area contributed by atoms with Gasteiger partial charge in [0.15, 0.2) is 0 Å². The number of nitrogens with zero attached hydrogens (tertiary/aromatic N) is 1. The first-order valence-electron chi connectivity index (χ1n) is 7.74. The van der Waals surface area contributed by atoms with Crippen molar-refractivity contribution in [1.82, 2.24) is 4.90 Å². The molecular formula is C17H24N2O2. The summed E-state index contributed by atoms with van der Waals surface area (Å²) in [6.07, 6.45) is 2.28. The van der Waals surface area contributed by atoms with Crippen LogP contribution in [0.25, 0.3) is 11.0 Å². The van der Waals surface area contributed by atoms with Crippen molar-refractivity contribution in [2.45, 2.75) is 18.9 Å². The summed E-state index contributed by atoms with van der Waals surface area (Å²) in [5.41, 5.74) is 6.94. The van der Waals surface area contributed by atoms with E-state index in [4.69, 9.17) is 14.9 Å². The lowest BCUT2D eigenvalue weighted by molar-refractivity contribution is 0.0494. The number of nitrogens with two attached hydrogens (primary N) is 1. The highest BCUT2D eigenvalue weighted by molar-refractivity contribution is 5.77. The van der Waals surface area contributed by atoms with E-state index in [0.29, 0.717) is 12.5 Å². The van der Waals surface area contributed by atoms with Crippen molar-refractivity contribution in [3.05, 3.63) is 36.1 Å². The third-order valence-electron chi connectivity index (χ3n) is 4.42. The number of hydrogen-bond acceptors (Lipinski definition) is 4. The van der Waals surface area contributed by atoms with E-state index < -0.39 is 0 Å². The lowest BCUT2D eigenvalue weighted by Crippen LogP contribution is -2.35. The normalized spacial score (nSPS) is 18.4. The van der Waals surface area contributed by atoms with Gasteiger partial charge in [-0.15, -0.1) is 0 Å². The number of ether oxygens (including phenoxy) is 1. The third-order valence-corrected chi connectivity index (χ3v) is 4.42. The first kappa shape index (κ1) is 14.6. The molecule has 4 heteroatoms. The Labute approximate surface area is 125 Å². The summed E-state index contributed by atoms with van der Waals surface area (Å²) in [4.78, 5) is 2.33. The Morgan fingerprint density at radius 3 is 2.76 bits per heavy atom. The molecule has 1 saturated heterocycles. The van der Waals surface area contributed by atoms with Crippen LogP contribution in [0.3, 0.4) is 0 Å². The highest BCUT2D eigenvalue weighted by atomic mass is 16.5. The van der Waals surface area contributed by atoms with Crippen molar-refractivity contribution in [2.24, 2.45) is 11.7 Å². The zero-order valence-corrected chi connectivity index (χ0v) is 12.6. The van der Waals surface area contributed by atoms with Gasteiger partial charge in [0.05, 0.1) is 6.04 Å². The Balaban J connectivity index is 1.73. The molecule has 21 heavy (non-hydrogen) atoms. The fourth-order valence-electron chi connectivity index (χ4n) is 3.14. The molecule has 2 aromatic rings. The number of para-hydroxylation sites is 1. The van der Waals surface area contributed by atoms with Gasteiger partial charge < -0.3 is 14.9 Å². The van der Waals surface area contributed by atoms with Gasteiger partial charge in [0.1, 0.15) is 11.3 Å². The minimum atomic E-state index is 0.139. The molecule has 1 aliphatic rings. The Bertz CT molecular complexity index is 542. The molecule has 2 heterocycles. The standard InChI is InChI=1S/C17H24N2O2/c1-19(12-13-6-8-20-9-7-13)15(11-18)17-10-14-4-2-3-5-16(14)21-17/h2-5,10,13,15H,6-9,11-12,18H2,1H3. The van der Waals surface area contributed by atoms with Crippen LogP contribution in [0.1, 0.15) is 24.6 Å². The molecule has 4 nitrogen and oxygen atoms in total. The summed E-state index contributed by atoms with van der Waals surface area (Å²) >= 11 is 0. The first-order valence-corrected chi connectivity index (χ1v) is 7.74. The average Bonchev–Trinajstić information content (AvgIpc) is 2.92. The van der Waals surface area contributed by atoms with Gasteiger partial charge in [0.2, 0.25) is 0 Å². The number of benzene rings is 1. The molecule has 1 unspecified atom stereocenters. The van der Waals surface area contributed by atoms with Crippen molar-refractivity contribution in [3.8, 4) is 0 Å². The van der Waals surface area contributed by atoms with Crippen molar-refractivity contribution in [3.63, 3.8) is 0 Å². The van der Waals surface area contributed by atoms with Crippen molar-refractivity contribution in [1.29, 1.82) is 0 Å². The predicted octanol–water partition coefficient (Wildman–Crippen LogP) is 2.79. The molecule has 0 saturated carbocycles. The smallest absolute Gasteiger partial charge is 0.134 e. The highest BCUT2D eigenvalue weighted by Gasteiger charge is 2.23. The maximum atomic E-state index is 6.01. The maximum absolute atomic E-state index is 6.01. The van der Waals surface area contributed by atoms with Gasteiger partial charge in [-0.05, 0) is 37.9 Å². The fourth-order valence-corrected chi connectivity index (χ4v) is 3.14. The molecular weight excluding hydrogens is 264 g/mol. The number of furan rings is 1. The molecule has 1 fully saturated rings. The molecule has 0 amide bonds. The summed E-state index contributed by atoms with van der Waals surface area (Å²) in [7, 11) is 2.14. The monoisotopic (exact) mass is 288 g/mol. The molecule has 1 atom stereocenters. The van der Waals surface area contributed by atoms with Crippen LogP contribution in [0.15, 0.2) is 34.7 Å². The van der Waals surface area contributed by atoms with Gasteiger partial charge in [-0.25, -0.2) is 0 Å². The molecule has 0 aliphatic carbocycles. The summed E-state index contributed by atoms with van der Waals surface area (Å²) < 4.78 is 11.4. The Morgan fingerprint density at radius 1 is 1.29 bits per heavy atom. The number of hydrogen-bond donors (Lipinski definition) is 1. The largest absolute Gasteiger partial charge is 0.459 e. The van der Waals surface area contributed by atoms with Crippen molar-refractivity contribution >= 4 is 11.0 Å². The molecule has 0 bridgehead atoms. The summed E-state index contributed by atoms with van der Waals surface area (Å²) in [5.74, 6) is 1.66. The SMILES string of the molecule is CN(CC1CCOCC1)C(CN)c1cc2ccccc2o1. The second-order valence-electron chi connectivity index (χ2n) is 5.93. The van der Waals surface area contributed by atoms with E-state index in [0.717, 1.165) is 49.3 Å². The van der Waals surface area contributed by atoms with Crippen LogP contribution in [-0.4, -0.2) is 38.3 Å². The molecule has 1 aromatic carbocycles. The van der Waals surface area contributed by atoms with E-state index in [-0.39, 0.29) is 6.04 Å². The summed E-state index contributed by atoms with van der Waals surface area (Å²) in [6, 6.07) is 10.4. The molecule has 3 rings (SSSR count). The average molecular weight is 288 g/mol. The summed E-state index contributed by atoms with van der Waals surface area (Å²) in [6.45, 7) is 3.38. The van der Waals surface area contributed by atoms with Crippen LogP contribution in [0.4, 0.5) is 0 Å². The number of fused-ring (bicyclic) bond motifs is 1. The van der Waals surface area contributed by atoms with Crippen LogP contribution < -0.4 is 5.73 Å². The van der Waals surface area contributed by atoms with Crippen LogP contribution in [0.5, 0.6) is 0 Å². The van der Waals surface area contributed by atoms with E-state index in [1.54, 1.807) is 0 Å². The van der Waals surface area contributed by atoms with Crippen LogP contribution in [0, 0.1) is 5.92 Å². The number of rotatable bonds is 5. The fraction of sp³-hybridized carbons (Fsp3) is 0.529. The van der Waals surface area contributed by atoms with E-state index in [1.165, 1.54) is 0 Å². The lowest BCUT2D eigenvalue weighted by atomic mass is 9.99. The Hall–Kier alpha value is -1.36. The second-order valence-corrected chi connectivity index (χ2v) is 5.93. The predicted molar refractivity (Wildman–Crippen MR) is 84.2 cm³/mol. The van der Waals surface area contributed by atoms with Crippen molar-refractivity contribution < 1.29 is 9.15 Å². The third kappa shape index (κ3) is 3.28. The van der Waals surface area contributed by atoms with Gasteiger partial charge in [-0.3, -0.25) is 4.90 Å². The minimum Gasteiger partial charge on any atom is -0.459 e. The first-order chi connectivity index (χ1) is 10.3. The van der Waals surface area contributed by atoms with Crippen LogP contribution in [0.2, 0.25) is 0 Å². The van der Waals surface area contributed by atoms with Crippen molar-refractivity contribution in [2.75, 3.05) is 33.4 Å². The number of likely N-dealkylation sites (N-methyl/N-ethyl adjacent to an activating group) is 1. The van der Waals surface area contributed by atoms with Gasteiger partial charge in [0, 0.05) is 31.7 Å². The maximum Gasteiger partial charge on any atom is 0.134 e. The minimum absolute atomic E-state index is 0.139.